The highest BCUT2D eigenvalue weighted by molar-refractivity contribution is 5.82. The maximum atomic E-state index is 13.0. The van der Waals surface area contributed by atoms with Crippen LogP contribution >= 0.6 is 0 Å². The molecular formula is C13H17F2N3O. The molecule has 1 aliphatic heterocycles. The van der Waals surface area contributed by atoms with Crippen LogP contribution in [0.15, 0.2) is 18.2 Å². The van der Waals surface area contributed by atoms with E-state index in [0.29, 0.717) is 12.1 Å². The molecule has 0 spiro atoms. The molecule has 0 saturated carbocycles. The molecule has 1 saturated heterocycles. The number of hydrogen-bond donors (Lipinski definition) is 2. The van der Waals surface area contributed by atoms with Crippen molar-refractivity contribution >= 4 is 5.91 Å². The molecule has 1 fully saturated rings. The van der Waals surface area contributed by atoms with Crippen LogP contribution in [-0.4, -0.2) is 43.5 Å². The van der Waals surface area contributed by atoms with Crippen LogP contribution in [0.3, 0.4) is 0 Å². The molecule has 4 nitrogen and oxygen atoms in total. The number of rotatable bonds is 3. The van der Waals surface area contributed by atoms with Gasteiger partial charge in [0.05, 0.1) is 0 Å². The van der Waals surface area contributed by atoms with Crippen molar-refractivity contribution in [3.63, 3.8) is 0 Å². The number of hydrogen-bond acceptors (Lipinski definition) is 3. The molecule has 1 atom stereocenters. The maximum Gasteiger partial charge on any atom is 0.238 e. The number of benzene rings is 1. The number of nitrogens with one attached hydrogen (secondary N) is 2. The van der Waals surface area contributed by atoms with E-state index in [1.807, 2.05) is 11.9 Å². The van der Waals surface area contributed by atoms with Crippen molar-refractivity contribution in [1.29, 1.82) is 0 Å². The lowest BCUT2D eigenvalue weighted by Gasteiger charge is -2.31. The van der Waals surface area contributed by atoms with Gasteiger partial charge >= 0.3 is 0 Å². The second kappa shape index (κ2) is 6.08. The van der Waals surface area contributed by atoms with Gasteiger partial charge in [-0.2, -0.15) is 0 Å². The van der Waals surface area contributed by atoms with E-state index in [1.165, 1.54) is 6.07 Å². The van der Waals surface area contributed by atoms with Crippen molar-refractivity contribution in [3.8, 4) is 0 Å². The van der Waals surface area contributed by atoms with Crippen molar-refractivity contribution in [1.82, 2.24) is 15.5 Å². The van der Waals surface area contributed by atoms with Crippen LogP contribution in [0.1, 0.15) is 5.56 Å². The molecule has 6 heteroatoms. The fraction of sp³-hybridized carbons (Fsp3) is 0.462. The fourth-order valence-corrected chi connectivity index (χ4v) is 2.06. The Morgan fingerprint density at radius 2 is 2.26 bits per heavy atom. The Morgan fingerprint density at radius 3 is 2.95 bits per heavy atom. The highest BCUT2D eigenvalue weighted by atomic mass is 19.2. The van der Waals surface area contributed by atoms with Gasteiger partial charge in [-0.1, -0.05) is 6.07 Å². The summed E-state index contributed by atoms with van der Waals surface area (Å²) in [5, 5.41) is 5.88. The predicted octanol–water partition coefficient (Wildman–Crippen LogP) is 0.485. The Kier molecular flexibility index (Phi) is 4.44. The number of piperazine rings is 1. The fourth-order valence-electron chi connectivity index (χ4n) is 2.06. The average Bonchev–Trinajstić information content (AvgIpc) is 2.40. The van der Waals surface area contributed by atoms with E-state index in [2.05, 4.69) is 10.6 Å². The van der Waals surface area contributed by atoms with Crippen molar-refractivity contribution in [2.75, 3.05) is 26.7 Å². The van der Waals surface area contributed by atoms with Crippen LogP contribution in [0.2, 0.25) is 0 Å². The summed E-state index contributed by atoms with van der Waals surface area (Å²) < 4.78 is 25.8. The molecule has 1 aromatic carbocycles. The highest BCUT2D eigenvalue weighted by Crippen LogP contribution is 2.08. The first-order chi connectivity index (χ1) is 9.08. The molecule has 1 aliphatic rings. The second-order valence-electron chi connectivity index (χ2n) is 4.67. The number of carbonyl (C=O) groups excluding carboxylic acids is 1. The van der Waals surface area contributed by atoms with E-state index in [9.17, 15) is 13.6 Å². The summed E-state index contributed by atoms with van der Waals surface area (Å²) in [6.45, 7) is 2.47. The second-order valence-corrected chi connectivity index (χ2v) is 4.67. The van der Waals surface area contributed by atoms with E-state index in [0.717, 1.165) is 25.2 Å². The van der Waals surface area contributed by atoms with Crippen molar-refractivity contribution in [2.24, 2.45) is 0 Å². The van der Waals surface area contributed by atoms with E-state index >= 15 is 0 Å². The van der Waals surface area contributed by atoms with Gasteiger partial charge in [0.15, 0.2) is 11.6 Å². The quantitative estimate of drug-likeness (QED) is 0.839. The minimum Gasteiger partial charge on any atom is -0.351 e. The Morgan fingerprint density at radius 1 is 1.47 bits per heavy atom. The van der Waals surface area contributed by atoms with Gasteiger partial charge in [0, 0.05) is 26.2 Å². The molecular weight excluding hydrogens is 252 g/mol. The number of likely N-dealkylation sites (N-methyl/N-ethyl adjacent to an activating group) is 1. The Balaban J connectivity index is 1.90. The molecule has 1 unspecified atom stereocenters. The van der Waals surface area contributed by atoms with Gasteiger partial charge in [0.25, 0.3) is 0 Å². The third-order valence-corrected chi connectivity index (χ3v) is 3.26. The topological polar surface area (TPSA) is 44.4 Å². The van der Waals surface area contributed by atoms with Crippen molar-refractivity contribution in [2.45, 2.75) is 12.6 Å². The normalized spacial score (nSPS) is 20.3. The van der Waals surface area contributed by atoms with Crippen LogP contribution < -0.4 is 10.6 Å². The molecule has 19 heavy (non-hydrogen) atoms. The van der Waals surface area contributed by atoms with E-state index < -0.39 is 11.6 Å². The van der Waals surface area contributed by atoms with Crippen molar-refractivity contribution < 1.29 is 13.6 Å². The minimum atomic E-state index is -0.900. The average molecular weight is 269 g/mol. The summed E-state index contributed by atoms with van der Waals surface area (Å²) in [7, 11) is 1.89. The lowest BCUT2D eigenvalue weighted by Crippen LogP contribution is -2.56. The summed E-state index contributed by atoms with van der Waals surface area (Å²) in [6, 6.07) is 3.39. The first kappa shape index (κ1) is 13.9. The minimum absolute atomic E-state index is 0.112. The number of nitrogens with zero attached hydrogens (tertiary/aromatic N) is 1. The zero-order valence-corrected chi connectivity index (χ0v) is 10.7. The van der Waals surface area contributed by atoms with Crippen LogP contribution in [0, 0.1) is 11.6 Å². The summed E-state index contributed by atoms with van der Waals surface area (Å²) in [4.78, 5) is 13.9. The molecule has 2 N–H and O–H groups in total. The van der Waals surface area contributed by atoms with Gasteiger partial charge in [0.1, 0.15) is 6.04 Å². The third kappa shape index (κ3) is 3.48. The SMILES string of the molecule is CN1CCNCC1C(=O)NCc1ccc(F)c(F)c1. The van der Waals surface area contributed by atoms with Crippen LogP contribution in [-0.2, 0) is 11.3 Å². The Hall–Kier alpha value is -1.53. The molecule has 0 aromatic heterocycles. The van der Waals surface area contributed by atoms with Crippen LogP contribution in [0.5, 0.6) is 0 Å². The summed E-state index contributed by atoms with van der Waals surface area (Å²) in [5.74, 6) is -1.89. The molecule has 1 amide bonds. The summed E-state index contributed by atoms with van der Waals surface area (Å²) >= 11 is 0. The lowest BCUT2D eigenvalue weighted by atomic mass is 10.1. The number of carbonyl (C=O) groups is 1. The van der Waals surface area contributed by atoms with Gasteiger partial charge in [-0.25, -0.2) is 8.78 Å². The van der Waals surface area contributed by atoms with E-state index in [4.69, 9.17) is 0 Å². The van der Waals surface area contributed by atoms with Gasteiger partial charge in [-0.3, -0.25) is 9.69 Å². The molecule has 1 heterocycles. The number of amides is 1. The van der Waals surface area contributed by atoms with Gasteiger partial charge in [-0.05, 0) is 24.7 Å². The maximum absolute atomic E-state index is 13.0. The zero-order valence-electron chi connectivity index (χ0n) is 10.7. The molecule has 1 aromatic rings. The largest absolute Gasteiger partial charge is 0.351 e. The molecule has 104 valence electrons. The van der Waals surface area contributed by atoms with Crippen molar-refractivity contribution in [3.05, 3.63) is 35.4 Å². The Bertz CT molecular complexity index is 467. The monoisotopic (exact) mass is 269 g/mol. The first-order valence-electron chi connectivity index (χ1n) is 6.20. The molecule has 2 rings (SSSR count). The van der Waals surface area contributed by atoms with Gasteiger partial charge in [-0.15, -0.1) is 0 Å². The smallest absolute Gasteiger partial charge is 0.238 e. The van der Waals surface area contributed by atoms with Crippen LogP contribution in [0.4, 0.5) is 8.78 Å². The summed E-state index contributed by atoms with van der Waals surface area (Å²) in [6.07, 6.45) is 0. The number of halogens is 2. The standard InChI is InChI=1S/C13H17F2N3O/c1-18-5-4-16-8-12(18)13(19)17-7-9-2-3-10(14)11(15)6-9/h2-3,6,12,16H,4-5,7-8H2,1H3,(H,17,19). The zero-order chi connectivity index (χ0) is 13.8. The van der Waals surface area contributed by atoms with Gasteiger partial charge < -0.3 is 10.6 Å². The summed E-state index contributed by atoms with van der Waals surface area (Å²) in [5.41, 5.74) is 0.540. The van der Waals surface area contributed by atoms with E-state index in [-0.39, 0.29) is 18.5 Å². The Labute approximate surface area is 110 Å². The highest BCUT2D eigenvalue weighted by Gasteiger charge is 2.25. The first-order valence-corrected chi connectivity index (χ1v) is 6.20. The molecule has 0 bridgehead atoms. The van der Waals surface area contributed by atoms with E-state index in [1.54, 1.807) is 0 Å². The lowest BCUT2D eigenvalue weighted by molar-refractivity contribution is -0.126. The molecule has 0 radical (unpaired) electrons. The third-order valence-electron chi connectivity index (χ3n) is 3.26. The van der Waals surface area contributed by atoms with Gasteiger partial charge in [0.2, 0.25) is 5.91 Å². The van der Waals surface area contributed by atoms with Crippen LogP contribution in [0.25, 0.3) is 0 Å². The molecule has 0 aliphatic carbocycles. The predicted molar refractivity (Wildman–Crippen MR) is 67.5 cm³/mol.